The van der Waals surface area contributed by atoms with Crippen LogP contribution in [0.2, 0.25) is 0 Å². The number of anilines is 1. The molecule has 2 aromatic carbocycles. The Morgan fingerprint density at radius 3 is 2.76 bits per heavy atom. The van der Waals surface area contributed by atoms with Crippen molar-refractivity contribution >= 4 is 49.7 Å². The molecule has 0 unspecified atom stereocenters. The number of carbonyl (C=O) groups excluding carboxylic acids is 1. The van der Waals surface area contributed by atoms with Crippen LogP contribution in [0.5, 0.6) is 0 Å². The minimum absolute atomic E-state index is 0.145. The molecule has 0 aliphatic carbocycles. The highest BCUT2D eigenvalue weighted by Gasteiger charge is 2.02. The van der Waals surface area contributed by atoms with Crippen LogP contribution in [0.15, 0.2) is 62.6 Å². The first-order valence-corrected chi connectivity index (χ1v) is 7.69. The maximum Gasteiger partial charge on any atom is 0.265 e. The molecule has 2 aromatic rings. The van der Waals surface area contributed by atoms with Gasteiger partial charge in [-0.2, -0.15) is 0 Å². The Hall–Kier alpha value is -1.66. The van der Waals surface area contributed by atoms with E-state index in [-0.39, 0.29) is 12.5 Å². The zero-order valence-corrected chi connectivity index (χ0v) is 14.1. The summed E-state index contributed by atoms with van der Waals surface area (Å²) in [6.07, 6.45) is 1.55. The van der Waals surface area contributed by atoms with Gasteiger partial charge in [-0.3, -0.25) is 4.79 Å². The summed E-state index contributed by atoms with van der Waals surface area (Å²) in [5, 5.41) is 6.49. The summed E-state index contributed by atoms with van der Waals surface area (Å²) in [4.78, 5) is 16.6. The molecule has 0 bridgehead atoms. The number of rotatable bonds is 5. The van der Waals surface area contributed by atoms with Gasteiger partial charge in [0.1, 0.15) is 0 Å². The van der Waals surface area contributed by atoms with Crippen molar-refractivity contribution in [2.45, 2.75) is 0 Å². The van der Waals surface area contributed by atoms with Crippen molar-refractivity contribution < 1.29 is 9.63 Å². The highest BCUT2D eigenvalue weighted by Crippen LogP contribution is 2.15. The largest absolute Gasteiger partial charge is 0.386 e. The molecular formula is C15H12Br2N2O2. The van der Waals surface area contributed by atoms with Crippen LogP contribution in [0.4, 0.5) is 5.69 Å². The van der Waals surface area contributed by atoms with E-state index in [4.69, 9.17) is 4.84 Å². The molecule has 0 aromatic heterocycles. The van der Waals surface area contributed by atoms with E-state index in [2.05, 4.69) is 42.3 Å². The zero-order chi connectivity index (χ0) is 15.1. The Balaban J connectivity index is 1.81. The molecule has 0 saturated heterocycles. The van der Waals surface area contributed by atoms with Gasteiger partial charge in [0, 0.05) is 20.2 Å². The predicted octanol–water partition coefficient (Wildman–Crippen LogP) is 4.20. The lowest BCUT2D eigenvalue weighted by molar-refractivity contribution is -0.120. The summed E-state index contributed by atoms with van der Waals surface area (Å²) in [5.41, 5.74) is 1.58. The summed E-state index contributed by atoms with van der Waals surface area (Å²) < 4.78 is 1.81. The predicted molar refractivity (Wildman–Crippen MR) is 90.5 cm³/mol. The van der Waals surface area contributed by atoms with Crippen molar-refractivity contribution in [3.63, 3.8) is 0 Å². The lowest BCUT2D eigenvalue weighted by atomic mass is 10.2. The van der Waals surface area contributed by atoms with Gasteiger partial charge < -0.3 is 10.2 Å². The molecule has 2 rings (SSSR count). The third kappa shape index (κ3) is 5.32. The van der Waals surface area contributed by atoms with Crippen molar-refractivity contribution in [1.29, 1.82) is 0 Å². The number of amides is 1. The summed E-state index contributed by atoms with van der Waals surface area (Å²) in [6.45, 7) is -0.145. The molecule has 1 N–H and O–H groups in total. The van der Waals surface area contributed by atoms with E-state index in [0.717, 1.165) is 14.5 Å². The van der Waals surface area contributed by atoms with Crippen molar-refractivity contribution in [1.82, 2.24) is 0 Å². The number of hydrogen-bond acceptors (Lipinski definition) is 3. The maximum absolute atomic E-state index is 11.7. The van der Waals surface area contributed by atoms with Gasteiger partial charge in [0.2, 0.25) is 0 Å². The normalized spacial score (nSPS) is 10.6. The Bertz CT molecular complexity index is 660. The molecule has 0 saturated carbocycles. The fourth-order valence-corrected chi connectivity index (χ4v) is 2.32. The van der Waals surface area contributed by atoms with Gasteiger partial charge in [-0.05, 0) is 24.3 Å². The van der Waals surface area contributed by atoms with E-state index in [1.807, 2.05) is 42.5 Å². The number of nitrogens with one attached hydrogen (secondary N) is 1. The van der Waals surface area contributed by atoms with Crippen molar-refractivity contribution in [3.8, 4) is 0 Å². The molecule has 0 atom stereocenters. The second-order valence-corrected chi connectivity index (χ2v) is 5.86. The molecule has 0 aliphatic heterocycles. The highest BCUT2D eigenvalue weighted by atomic mass is 79.9. The van der Waals surface area contributed by atoms with Gasteiger partial charge in [-0.1, -0.05) is 61.3 Å². The van der Waals surface area contributed by atoms with Gasteiger partial charge in [0.05, 0.1) is 6.21 Å². The molecule has 6 heteroatoms. The van der Waals surface area contributed by atoms with E-state index in [1.165, 1.54) is 0 Å². The van der Waals surface area contributed by atoms with Crippen LogP contribution in [-0.2, 0) is 9.63 Å². The molecule has 21 heavy (non-hydrogen) atoms. The molecule has 0 aliphatic rings. The Morgan fingerprint density at radius 1 is 1.19 bits per heavy atom. The molecule has 108 valence electrons. The second kappa shape index (κ2) is 7.95. The quantitative estimate of drug-likeness (QED) is 0.592. The Labute approximate surface area is 139 Å². The minimum Gasteiger partial charge on any atom is -0.386 e. The van der Waals surface area contributed by atoms with Gasteiger partial charge >= 0.3 is 0 Å². The molecule has 0 heterocycles. The summed E-state index contributed by atoms with van der Waals surface area (Å²) in [6, 6.07) is 14.9. The number of halogens is 2. The van der Waals surface area contributed by atoms with E-state index < -0.39 is 0 Å². The molecule has 0 fully saturated rings. The van der Waals surface area contributed by atoms with Gasteiger partial charge in [-0.25, -0.2) is 0 Å². The monoisotopic (exact) mass is 410 g/mol. The van der Waals surface area contributed by atoms with Crippen molar-refractivity contribution in [2.75, 3.05) is 11.9 Å². The summed E-state index contributed by atoms with van der Waals surface area (Å²) in [7, 11) is 0. The number of hydrogen-bond donors (Lipinski definition) is 1. The number of benzene rings is 2. The van der Waals surface area contributed by atoms with Crippen LogP contribution < -0.4 is 5.32 Å². The molecular weight excluding hydrogens is 400 g/mol. The van der Waals surface area contributed by atoms with Crippen LogP contribution in [0, 0.1) is 0 Å². The second-order valence-electron chi connectivity index (χ2n) is 4.09. The smallest absolute Gasteiger partial charge is 0.265 e. The topological polar surface area (TPSA) is 50.7 Å². The first-order valence-electron chi connectivity index (χ1n) is 6.10. The van der Waals surface area contributed by atoms with Crippen LogP contribution in [0.1, 0.15) is 5.56 Å². The van der Waals surface area contributed by atoms with Crippen LogP contribution in [0.25, 0.3) is 0 Å². The van der Waals surface area contributed by atoms with E-state index in [9.17, 15) is 4.79 Å². The number of carbonyl (C=O) groups is 1. The first-order chi connectivity index (χ1) is 10.1. The number of nitrogens with zero attached hydrogens (tertiary/aromatic N) is 1. The summed E-state index contributed by atoms with van der Waals surface area (Å²) >= 11 is 6.74. The van der Waals surface area contributed by atoms with E-state index in [1.54, 1.807) is 12.3 Å². The third-order valence-corrected chi connectivity index (χ3v) is 3.69. The average Bonchev–Trinajstić information content (AvgIpc) is 2.45. The third-order valence-electron chi connectivity index (χ3n) is 2.48. The first kappa shape index (κ1) is 15.7. The van der Waals surface area contributed by atoms with Crippen LogP contribution in [-0.4, -0.2) is 18.7 Å². The van der Waals surface area contributed by atoms with Crippen molar-refractivity contribution in [3.05, 3.63) is 63.0 Å². The lowest BCUT2D eigenvalue weighted by Crippen LogP contribution is -2.16. The zero-order valence-electron chi connectivity index (χ0n) is 10.9. The van der Waals surface area contributed by atoms with Crippen LogP contribution in [0.3, 0.4) is 0 Å². The van der Waals surface area contributed by atoms with Gasteiger partial charge in [0.15, 0.2) is 6.61 Å². The van der Waals surface area contributed by atoms with Gasteiger partial charge in [0.25, 0.3) is 5.91 Å². The fraction of sp³-hybridized carbons (Fsp3) is 0.0667. The lowest BCUT2D eigenvalue weighted by Gasteiger charge is -2.04. The average molecular weight is 412 g/mol. The fourth-order valence-electron chi connectivity index (χ4n) is 1.53. The molecule has 0 radical (unpaired) electrons. The van der Waals surface area contributed by atoms with Gasteiger partial charge in [-0.15, -0.1) is 0 Å². The SMILES string of the molecule is O=C(CO/N=C\c1ccccc1Br)Nc1cccc(Br)c1. The molecule has 0 spiro atoms. The Morgan fingerprint density at radius 2 is 2.00 bits per heavy atom. The summed E-state index contributed by atoms with van der Waals surface area (Å²) in [5.74, 6) is -0.266. The molecule has 4 nitrogen and oxygen atoms in total. The Kier molecular flexibility index (Phi) is 5.95. The van der Waals surface area contributed by atoms with Crippen molar-refractivity contribution in [2.24, 2.45) is 5.16 Å². The van der Waals surface area contributed by atoms with E-state index in [0.29, 0.717) is 5.69 Å². The highest BCUT2D eigenvalue weighted by molar-refractivity contribution is 9.10. The van der Waals surface area contributed by atoms with Crippen LogP contribution >= 0.6 is 31.9 Å². The molecule has 1 amide bonds. The minimum atomic E-state index is -0.266. The van der Waals surface area contributed by atoms with E-state index >= 15 is 0 Å². The maximum atomic E-state index is 11.7. The standard InChI is InChI=1S/C15H12Br2N2O2/c16-12-5-3-6-13(8-12)19-15(20)10-21-18-9-11-4-1-2-7-14(11)17/h1-9H,10H2,(H,19,20)/b18-9-. The number of oxime groups is 1.